The van der Waals surface area contributed by atoms with Crippen LogP contribution in [0.5, 0.6) is 0 Å². The first-order valence-electron chi connectivity index (χ1n) is 9.00. The van der Waals surface area contributed by atoms with E-state index in [2.05, 4.69) is 36.5 Å². The standard InChI is InChI=1S/C18H27BrN6O/c1-4-20-18(21-10-9-17(26)24(5-2)6-3)22-11-15-13-25-12-14(19)7-8-16(25)23-15/h7-8,12-13H,4-6,9-11H2,1-3H3,(H2,20,21,22). The fourth-order valence-corrected chi connectivity index (χ4v) is 2.97. The van der Waals surface area contributed by atoms with Gasteiger partial charge in [0.1, 0.15) is 5.65 Å². The molecule has 2 heterocycles. The van der Waals surface area contributed by atoms with Gasteiger partial charge in [-0.3, -0.25) is 4.79 Å². The molecule has 7 nitrogen and oxygen atoms in total. The van der Waals surface area contributed by atoms with E-state index >= 15 is 0 Å². The summed E-state index contributed by atoms with van der Waals surface area (Å²) in [6.45, 7) is 9.27. The molecule has 2 rings (SSSR count). The van der Waals surface area contributed by atoms with Crippen LogP contribution >= 0.6 is 15.9 Å². The lowest BCUT2D eigenvalue weighted by molar-refractivity contribution is -0.130. The van der Waals surface area contributed by atoms with Gasteiger partial charge in [0.25, 0.3) is 0 Å². The van der Waals surface area contributed by atoms with Gasteiger partial charge in [0, 0.05) is 49.5 Å². The van der Waals surface area contributed by atoms with Crippen molar-refractivity contribution in [2.75, 3.05) is 26.2 Å². The molecule has 0 aliphatic carbocycles. The van der Waals surface area contributed by atoms with Gasteiger partial charge in [0.05, 0.1) is 12.2 Å². The van der Waals surface area contributed by atoms with Gasteiger partial charge in [0.2, 0.25) is 5.91 Å². The van der Waals surface area contributed by atoms with Gasteiger partial charge < -0.3 is 19.9 Å². The molecule has 0 aliphatic rings. The van der Waals surface area contributed by atoms with Crippen molar-refractivity contribution in [2.45, 2.75) is 33.7 Å². The third-order valence-corrected chi connectivity index (χ3v) is 4.42. The first kappa shape index (κ1) is 20.2. The van der Waals surface area contributed by atoms with E-state index in [0.717, 1.165) is 35.4 Å². The zero-order chi connectivity index (χ0) is 18.9. The van der Waals surface area contributed by atoms with E-state index in [4.69, 9.17) is 0 Å². The number of hydrogen-bond donors (Lipinski definition) is 2. The Labute approximate surface area is 163 Å². The van der Waals surface area contributed by atoms with Crippen molar-refractivity contribution >= 4 is 33.4 Å². The molecule has 0 aromatic carbocycles. The van der Waals surface area contributed by atoms with Crippen LogP contribution in [-0.4, -0.2) is 52.3 Å². The molecule has 0 fully saturated rings. The number of carbonyl (C=O) groups is 1. The van der Waals surface area contributed by atoms with Crippen LogP contribution in [0.3, 0.4) is 0 Å². The Morgan fingerprint density at radius 2 is 2.00 bits per heavy atom. The summed E-state index contributed by atoms with van der Waals surface area (Å²) in [5.74, 6) is 0.849. The third-order valence-electron chi connectivity index (χ3n) is 3.96. The molecule has 2 aromatic heterocycles. The molecule has 0 saturated carbocycles. The van der Waals surface area contributed by atoms with Crippen molar-refractivity contribution in [1.82, 2.24) is 24.9 Å². The molecule has 8 heteroatoms. The summed E-state index contributed by atoms with van der Waals surface area (Å²) in [5.41, 5.74) is 1.78. The Kier molecular flexibility index (Phi) is 7.90. The molecule has 0 radical (unpaired) electrons. The number of nitrogens with zero attached hydrogens (tertiary/aromatic N) is 4. The number of carbonyl (C=O) groups excluding carboxylic acids is 1. The summed E-state index contributed by atoms with van der Waals surface area (Å²) in [4.78, 5) is 23.0. The molecule has 0 saturated heterocycles. The Morgan fingerprint density at radius 3 is 2.69 bits per heavy atom. The quantitative estimate of drug-likeness (QED) is 0.505. The molecule has 142 valence electrons. The highest BCUT2D eigenvalue weighted by atomic mass is 79.9. The second-order valence-electron chi connectivity index (χ2n) is 5.78. The topological polar surface area (TPSA) is 74.0 Å². The van der Waals surface area contributed by atoms with Gasteiger partial charge in [-0.2, -0.15) is 0 Å². The van der Waals surface area contributed by atoms with Crippen molar-refractivity contribution < 1.29 is 4.79 Å². The number of aromatic nitrogens is 2. The number of rotatable bonds is 8. The summed E-state index contributed by atoms with van der Waals surface area (Å²) in [5, 5.41) is 6.42. The minimum absolute atomic E-state index is 0.157. The Morgan fingerprint density at radius 1 is 1.23 bits per heavy atom. The Hall–Kier alpha value is -2.09. The summed E-state index contributed by atoms with van der Waals surface area (Å²) >= 11 is 3.46. The molecule has 0 atom stereocenters. The Balaban J connectivity index is 1.93. The summed E-state index contributed by atoms with van der Waals surface area (Å²) in [7, 11) is 0. The fourth-order valence-electron chi connectivity index (χ4n) is 2.62. The molecule has 1 amide bonds. The summed E-state index contributed by atoms with van der Waals surface area (Å²) in [6, 6.07) is 3.92. The average molecular weight is 423 g/mol. The number of fused-ring (bicyclic) bond motifs is 1. The van der Waals surface area contributed by atoms with E-state index in [1.165, 1.54) is 0 Å². The monoisotopic (exact) mass is 422 g/mol. The molecular weight excluding hydrogens is 396 g/mol. The van der Waals surface area contributed by atoms with Crippen LogP contribution in [0.25, 0.3) is 5.65 Å². The first-order valence-corrected chi connectivity index (χ1v) is 9.79. The van der Waals surface area contributed by atoms with Gasteiger partial charge in [-0.05, 0) is 48.8 Å². The van der Waals surface area contributed by atoms with Crippen LogP contribution in [0.15, 0.2) is 34.0 Å². The highest BCUT2D eigenvalue weighted by Gasteiger charge is 2.09. The van der Waals surface area contributed by atoms with E-state index in [1.807, 2.05) is 54.6 Å². The molecule has 0 spiro atoms. The normalized spacial score (nSPS) is 11.6. The lowest BCUT2D eigenvalue weighted by Crippen LogP contribution is -2.40. The molecule has 26 heavy (non-hydrogen) atoms. The number of halogens is 1. The van der Waals surface area contributed by atoms with E-state index in [1.54, 1.807) is 0 Å². The minimum atomic E-state index is 0.157. The third kappa shape index (κ3) is 5.72. The fraction of sp³-hybridized carbons (Fsp3) is 0.500. The van der Waals surface area contributed by atoms with Crippen LogP contribution in [0, 0.1) is 0 Å². The molecule has 2 N–H and O–H groups in total. The van der Waals surface area contributed by atoms with Gasteiger partial charge in [-0.15, -0.1) is 0 Å². The van der Waals surface area contributed by atoms with Crippen molar-refractivity contribution in [1.29, 1.82) is 0 Å². The number of amides is 1. The Bertz CT molecular complexity index is 753. The maximum absolute atomic E-state index is 12.1. The predicted molar refractivity (Wildman–Crippen MR) is 108 cm³/mol. The highest BCUT2D eigenvalue weighted by Crippen LogP contribution is 2.12. The smallest absolute Gasteiger partial charge is 0.224 e. The second kappa shape index (κ2) is 10.2. The number of guanidine groups is 1. The summed E-state index contributed by atoms with van der Waals surface area (Å²) < 4.78 is 2.98. The largest absolute Gasteiger partial charge is 0.357 e. The molecule has 0 aliphatic heterocycles. The lowest BCUT2D eigenvalue weighted by atomic mass is 10.3. The number of imidazole rings is 1. The highest BCUT2D eigenvalue weighted by molar-refractivity contribution is 9.10. The van der Waals surface area contributed by atoms with Crippen LogP contribution in [-0.2, 0) is 11.3 Å². The van der Waals surface area contributed by atoms with E-state index in [0.29, 0.717) is 25.5 Å². The lowest BCUT2D eigenvalue weighted by Gasteiger charge is -2.19. The maximum Gasteiger partial charge on any atom is 0.224 e. The summed E-state index contributed by atoms with van der Waals surface area (Å²) in [6.07, 6.45) is 4.39. The number of aliphatic imine (C=N–C) groups is 1. The van der Waals surface area contributed by atoms with Gasteiger partial charge in [-0.25, -0.2) is 9.98 Å². The van der Waals surface area contributed by atoms with E-state index in [-0.39, 0.29) is 5.91 Å². The number of pyridine rings is 1. The zero-order valence-corrected chi connectivity index (χ0v) is 17.2. The SMILES string of the molecule is CCNC(=NCc1cn2cc(Br)ccc2n1)NCCC(=O)N(CC)CC. The molecular formula is C18H27BrN6O. The number of nitrogens with one attached hydrogen (secondary N) is 2. The van der Waals surface area contributed by atoms with Crippen LogP contribution in [0.4, 0.5) is 0 Å². The first-order chi connectivity index (χ1) is 12.6. The molecule has 0 unspecified atom stereocenters. The molecule has 2 aromatic rings. The minimum Gasteiger partial charge on any atom is -0.357 e. The van der Waals surface area contributed by atoms with Crippen LogP contribution in [0.1, 0.15) is 32.9 Å². The van der Waals surface area contributed by atoms with Crippen molar-refractivity contribution in [2.24, 2.45) is 4.99 Å². The van der Waals surface area contributed by atoms with E-state index in [9.17, 15) is 4.79 Å². The van der Waals surface area contributed by atoms with Crippen LogP contribution < -0.4 is 10.6 Å². The van der Waals surface area contributed by atoms with Crippen molar-refractivity contribution in [3.63, 3.8) is 0 Å². The zero-order valence-electron chi connectivity index (χ0n) is 15.6. The van der Waals surface area contributed by atoms with Crippen molar-refractivity contribution in [3.05, 3.63) is 34.7 Å². The predicted octanol–water partition coefficient (Wildman–Crippen LogP) is 2.41. The van der Waals surface area contributed by atoms with Gasteiger partial charge >= 0.3 is 0 Å². The second-order valence-corrected chi connectivity index (χ2v) is 6.70. The van der Waals surface area contributed by atoms with Crippen molar-refractivity contribution in [3.8, 4) is 0 Å². The number of hydrogen-bond acceptors (Lipinski definition) is 3. The van der Waals surface area contributed by atoms with E-state index < -0.39 is 0 Å². The molecule has 0 bridgehead atoms. The van der Waals surface area contributed by atoms with Gasteiger partial charge in [0.15, 0.2) is 5.96 Å². The maximum atomic E-state index is 12.1. The van der Waals surface area contributed by atoms with Gasteiger partial charge in [-0.1, -0.05) is 0 Å². The van der Waals surface area contributed by atoms with Crippen LogP contribution in [0.2, 0.25) is 0 Å². The average Bonchev–Trinajstić information content (AvgIpc) is 3.02.